The van der Waals surface area contributed by atoms with E-state index in [1.54, 1.807) is 0 Å². The van der Waals surface area contributed by atoms with Crippen molar-refractivity contribution < 1.29 is 19.1 Å². The van der Waals surface area contributed by atoms with Crippen molar-refractivity contribution in [1.29, 1.82) is 0 Å². The fourth-order valence-corrected chi connectivity index (χ4v) is 0.600. The summed E-state index contributed by atoms with van der Waals surface area (Å²) < 4.78 is 4.54. The van der Waals surface area contributed by atoms with Crippen LogP contribution in [0.4, 0.5) is 0 Å². The molecule has 0 aromatic rings. The third-order valence-electron chi connectivity index (χ3n) is 1.04. The van der Waals surface area contributed by atoms with E-state index in [1.165, 1.54) is 6.92 Å². The molecule has 0 aliphatic rings. The van der Waals surface area contributed by atoms with E-state index in [0.717, 1.165) is 0 Å². The summed E-state index contributed by atoms with van der Waals surface area (Å²) in [4.78, 5) is 30.3. The number of rotatable bonds is 5. The Morgan fingerprint density at radius 3 is 2.55 bits per heavy atom. The molecule has 0 fully saturated rings. The van der Waals surface area contributed by atoms with Crippen LogP contribution in [0.15, 0.2) is 0 Å². The molecule has 62 valence electrons. The molecular weight excluding hydrogens is 148 g/mol. The Morgan fingerprint density at radius 1 is 1.55 bits per heavy atom. The largest absolute Gasteiger partial charge is 0.455 e. The van der Waals surface area contributed by atoms with Crippen molar-refractivity contribution in [3.8, 4) is 0 Å². The molecule has 0 saturated carbocycles. The lowest BCUT2D eigenvalue weighted by Gasteiger charge is -2.07. The van der Waals surface area contributed by atoms with Gasteiger partial charge in [0.15, 0.2) is 12.4 Å². The summed E-state index contributed by atoms with van der Waals surface area (Å²) in [6.07, 6.45) is 0.937. The topological polar surface area (TPSA) is 60.4 Å². The average molecular weight is 158 g/mol. The molecule has 0 radical (unpaired) electrons. The average Bonchev–Trinajstić information content (AvgIpc) is 1.97. The first-order valence-corrected chi connectivity index (χ1v) is 3.27. The standard InChI is InChI=1S/C7H10O4/c1-6(10)11-7(5-9)3-2-4-8/h4-5,7H,2-3H2,1H3. The third kappa shape index (κ3) is 5.26. The van der Waals surface area contributed by atoms with Gasteiger partial charge in [0, 0.05) is 13.3 Å². The highest BCUT2D eigenvalue weighted by Crippen LogP contribution is 1.97. The van der Waals surface area contributed by atoms with Crippen LogP contribution in [0.1, 0.15) is 19.8 Å². The molecule has 0 spiro atoms. The SMILES string of the molecule is CC(=O)OC(C=O)CCC=O. The van der Waals surface area contributed by atoms with Gasteiger partial charge in [-0.2, -0.15) is 0 Å². The van der Waals surface area contributed by atoms with Crippen molar-refractivity contribution in [2.24, 2.45) is 0 Å². The van der Waals surface area contributed by atoms with Crippen LogP contribution in [0.2, 0.25) is 0 Å². The van der Waals surface area contributed by atoms with E-state index in [1.807, 2.05) is 0 Å². The van der Waals surface area contributed by atoms with E-state index in [2.05, 4.69) is 4.74 Å². The first-order valence-electron chi connectivity index (χ1n) is 3.27. The number of carbonyl (C=O) groups is 3. The van der Waals surface area contributed by atoms with Gasteiger partial charge >= 0.3 is 5.97 Å². The van der Waals surface area contributed by atoms with Gasteiger partial charge in [0.25, 0.3) is 0 Å². The Hall–Kier alpha value is -1.19. The molecule has 0 aliphatic heterocycles. The molecule has 0 aromatic carbocycles. The van der Waals surface area contributed by atoms with Crippen LogP contribution >= 0.6 is 0 Å². The number of ether oxygens (including phenoxy) is 1. The van der Waals surface area contributed by atoms with Gasteiger partial charge in [-0.15, -0.1) is 0 Å². The Labute approximate surface area is 64.5 Å². The maximum absolute atomic E-state index is 10.3. The molecule has 0 N–H and O–H groups in total. The van der Waals surface area contributed by atoms with Gasteiger partial charge in [-0.3, -0.25) is 9.59 Å². The van der Waals surface area contributed by atoms with Crippen LogP contribution in [-0.2, 0) is 19.1 Å². The van der Waals surface area contributed by atoms with Crippen LogP contribution < -0.4 is 0 Å². The molecule has 4 heteroatoms. The number of hydrogen-bond donors (Lipinski definition) is 0. The summed E-state index contributed by atoms with van der Waals surface area (Å²) >= 11 is 0. The molecule has 0 aromatic heterocycles. The zero-order valence-electron chi connectivity index (χ0n) is 6.28. The maximum atomic E-state index is 10.3. The molecule has 1 atom stereocenters. The van der Waals surface area contributed by atoms with E-state index in [9.17, 15) is 14.4 Å². The fourth-order valence-electron chi connectivity index (χ4n) is 0.600. The molecule has 0 amide bonds. The van der Waals surface area contributed by atoms with E-state index in [-0.39, 0.29) is 12.8 Å². The number of esters is 1. The van der Waals surface area contributed by atoms with E-state index in [0.29, 0.717) is 12.6 Å². The first-order chi connectivity index (χ1) is 5.20. The molecule has 0 heterocycles. The zero-order chi connectivity index (χ0) is 8.69. The predicted octanol–water partition coefficient (Wildman–Crippen LogP) is 0.0961. The van der Waals surface area contributed by atoms with Crippen molar-refractivity contribution >= 4 is 18.5 Å². The maximum Gasteiger partial charge on any atom is 0.303 e. The lowest BCUT2D eigenvalue weighted by atomic mass is 10.2. The van der Waals surface area contributed by atoms with Crippen LogP contribution in [0.3, 0.4) is 0 Å². The molecule has 0 bridgehead atoms. The van der Waals surface area contributed by atoms with Crippen molar-refractivity contribution in [2.75, 3.05) is 0 Å². The second kappa shape index (κ2) is 5.58. The van der Waals surface area contributed by atoms with E-state index < -0.39 is 12.1 Å². The predicted molar refractivity (Wildman–Crippen MR) is 36.9 cm³/mol. The number of aldehydes is 2. The summed E-state index contributed by atoms with van der Waals surface area (Å²) in [5.74, 6) is -0.506. The van der Waals surface area contributed by atoms with E-state index >= 15 is 0 Å². The van der Waals surface area contributed by atoms with Crippen molar-refractivity contribution in [3.05, 3.63) is 0 Å². The molecular formula is C7H10O4. The number of hydrogen-bond acceptors (Lipinski definition) is 4. The van der Waals surface area contributed by atoms with Crippen molar-refractivity contribution in [1.82, 2.24) is 0 Å². The minimum atomic E-state index is -0.766. The molecule has 11 heavy (non-hydrogen) atoms. The summed E-state index contributed by atoms with van der Waals surface area (Å²) in [6, 6.07) is 0. The lowest BCUT2D eigenvalue weighted by Crippen LogP contribution is -2.17. The highest BCUT2D eigenvalue weighted by molar-refractivity contribution is 5.70. The Balaban J connectivity index is 3.65. The highest BCUT2D eigenvalue weighted by Gasteiger charge is 2.08. The summed E-state index contributed by atoms with van der Waals surface area (Å²) in [5, 5.41) is 0. The second-order valence-electron chi connectivity index (χ2n) is 2.03. The summed E-state index contributed by atoms with van der Waals surface area (Å²) in [5.41, 5.74) is 0. The molecule has 0 aliphatic carbocycles. The second-order valence-corrected chi connectivity index (χ2v) is 2.03. The van der Waals surface area contributed by atoms with Gasteiger partial charge in [-0.05, 0) is 6.42 Å². The Kier molecular flexibility index (Phi) is 4.98. The van der Waals surface area contributed by atoms with Gasteiger partial charge in [0.2, 0.25) is 0 Å². The van der Waals surface area contributed by atoms with E-state index in [4.69, 9.17) is 0 Å². The van der Waals surface area contributed by atoms with Gasteiger partial charge in [-0.1, -0.05) is 0 Å². The molecule has 0 saturated heterocycles. The zero-order valence-corrected chi connectivity index (χ0v) is 6.28. The van der Waals surface area contributed by atoms with Crippen LogP contribution in [0, 0.1) is 0 Å². The van der Waals surface area contributed by atoms with Crippen LogP contribution in [0.25, 0.3) is 0 Å². The fraction of sp³-hybridized carbons (Fsp3) is 0.571. The van der Waals surface area contributed by atoms with Crippen LogP contribution in [-0.4, -0.2) is 24.6 Å². The normalized spacial score (nSPS) is 11.7. The third-order valence-corrected chi connectivity index (χ3v) is 1.04. The molecule has 1 unspecified atom stereocenters. The van der Waals surface area contributed by atoms with Gasteiger partial charge in [0.05, 0.1) is 0 Å². The quantitative estimate of drug-likeness (QED) is 0.420. The van der Waals surface area contributed by atoms with Crippen molar-refractivity contribution in [2.45, 2.75) is 25.9 Å². The Bertz CT molecular complexity index is 153. The first kappa shape index (κ1) is 9.81. The molecule has 4 nitrogen and oxygen atoms in total. The van der Waals surface area contributed by atoms with Gasteiger partial charge < -0.3 is 9.53 Å². The lowest BCUT2D eigenvalue weighted by molar-refractivity contribution is -0.149. The summed E-state index contributed by atoms with van der Waals surface area (Å²) in [6.45, 7) is 1.22. The Morgan fingerprint density at radius 2 is 2.18 bits per heavy atom. The highest BCUT2D eigenvalue weighted by atomic mass is 16.5. The molecule has 0 rings (SSSR count). The summed E-state index contributed by atoms with van der Waals surface area (Å²) in [7, 11) is 0. The number of carbonyl (C=O) groups excluding carboxylic acids is 3. The minimum absolute atomic E-state index is 0.233. The smallest absolute Gasteiger partial charge is 0.303 e. The van der Waals surface area contributed by atoms with Crippen molar-refractivity contribution in [3.63, 3.8) is 0 Å². The monoisotopic (exact) mass is 158 g/mol. The minimum Gasteiger partial charge on any atom is -0.455 e. The van der Waals surface area contributed by atoms with Gasteiger partial charge in [0.1, 0.15) is 6.29 Å². The van der Waals surface area contributed by atoms with Gasteiger partial charge in [-0.25, -0.2) is 0 Å². The van der Waals surface area contributed by atoms with Crippen LogP contribution in [0.5, 0.6) is 0 Å².